The lowest BCUT2D eigenvalue weighted by atomic mass is 9.38. The van der Waals surface area contributed by atoms with Crippen LogP contribution in [0.5, 0.6) is 11.5 Å². The van der Waals surface area contributed by atoms with Crippen LogP contribution in [0.3, 0.4) is 0 Å². The van der Waals surface area contributed by atoms with Gasteiger partial charge in [0, 0.05) is 35.9 Å². The molecule has 0 amide bonds. The van der Waals surface area contributed by atoms with E-state index in [1.54, 1.807) is 18.2 Å². The van der Waals surface area contributed by atoms with E-state index < -0.39 is 11.0 Å². The summed E-state index contributed by atoms with van der Waals surface area (Å²) in [6, 6.07) is 3.83. The van der Waals surface area contributed by atoms with E-state index in [1.807, 2.05) is 33.0 Å². The van der Waals surface area contributed by atoms with Gasteiger partial charge in [0.1, 0.15) is 17.7 Å². The van der Waals surface area contributed by atoms with Gasteiger partial charge >= 0.3 is 0 Å². The second-order valence-electron chi connectivity index (χ2n) is 8.28. The Morgan fingerprint density at radius 1 is 1.30 bits per heavy atom. The smallest absolute Gasteiger partial charge is 0.161 e. The maximum absolute atomic E-state index is 12.2. The molecule has 6 heteroatoms. The van der Waals surface area contributed by atoms with Gasteiger partial charge in [0.2, 0.25) is 0 Å². The Labute approximate surface area is 177 Å². The molecule has 30 heavy (non-hydrogen) atoms. The molecule has 4 atom stereocenters. The molecule has 2 fully saturated rings. The van der Waals surface area contributed by atoms with E-state index in [4.69, 9.17) is 4.74 Å². The number of aliphatic hydroxyl groups is 1. The van der Waals surface area contributed by atoms with Crippen LogP contribution in [0.1, 0.15) is 44.2 Å². The summed E-state index contributed by atoms with van der Waals surface area (Å²) < 4.78 is 5.26. The second-order valence-corrected chi connectivity index (χ2v) is 8.28. The van der Waals surface area contributed by atoms with Crippen LogP contribution in [-0.2, 0) is 21.4 Å². The zero-order valence-electron chi connectivity index (χ0n) is 18.1. The zero-order valence-corrected chi connectivity index (χ0v) is 18.1. The first-order valence-electron chi connectivity index (χ1n) is 10.4. The number of fused-ring (bicyclic) bond motifs is 2. The van der Waals surface area contributed by atoms with E-state index >= 15 is 0 Å². The van der Waals surface area contributed by atoms with Crippen LogP contribution in [0.4, 0.5) is 0 Å². The maximum Gasteiger partial charge on any atom is 0.161 e. The molecule has 1 aromatic rings. The van der Waals surface area contributed by atoms with Gasteiger partial charge in [-0.15, -0.1) is 0 Å². The number of phenols is 1. The normalized spacial score (nSPS) is 31.1. The number of piperidine rings is 1. The molecule has 6 nitrogen and oxygen atoms in total. The number of hydrogen-bond donors (Lipinski definition) is 2. The predicted octanol–water partition coefficient (Wildman–Crippen LogP) is 2.70. The molecular formula is C24H31NO5. The van der Waals surface area contributed by atoms with E-state index in [0.717, 1.165) is 17.4 Å². The molecule has 1 aromatic carbocycles. The summed E-state index contributed by atoms with van der Waals surface area (Å²) in [4.78, 5) is 24.0. The van der Waals surface area contributed by atoms with Crippen molar-refractivity contribution in [1.29, 1.82) is 0 Å². The number of aromatic hydroxyl groups is 1. The lowest BCUT2D eigenvalue weighted by Gasteiger charge is -2.78. The van der Waals surface area contributed by atoms with Gasteiger partial charge in [-0.25, -0.2) is 0 Å². The van der Waals surface area contributed by atoms with Crippen molar-refractivity contribution in [2.75, 3.05) is 14.2 Å². The molecule has 1 saturated carbocycles. The summed E-state index contributed by atoms with van der Waals surface area (Å²) >= 11 is 0. The first-order valence-corrected chi connectivity index (χ1v) is 10.4. The van der Waals surface area contributed by atoms with Gasteiger partial charge in [-0.3, -0.25) is 14.5 Å². The zero-order chi connectivity index (χ0) is 22.1. The third kappa shape index (κ3) is 3.01. The Balaban J connectivity index is 0.000000318. The highest BCUT2D eigenvalue weighted by atomic mass is 16.5. The minimum Gasteiger partial charge on any atom is -0.504 e. The molecule has 1 saturated heterocycles. The lowest BCUT2D eigenvalue weighted by Crippen LogP contribution is -2.92. The van der Waals surface area contributed by atoms with Crippen LogP contribution < -0.4 is 4.74 Å². The highest BCUT2D eigenvalue weighted by Crippen LogP contribution is 2.69. The lowest BCUT2D eigenvalue weighted by molar-refractivity contribution is -0.306. The number of aldehydes is 1. The molecule has 1 heterocycles. The van der Waals surface area contributed by atoms with Gasteiger partial charge in [-0.1, -0.05) is 31.2 Å². The van der Waals surface area contributed by atoms with E-state index in [9.17, 15) is 19.8 Å². The number of ether oxygens (including phenoxy) is 1. The minimum atomic E-state index is -0.913. The Kier molecular flexibility index (Phi) is 6.20. The van der Waals surface area contributed by atoms with Crippen molar-refractivity contribution in [3.63, 3.8) is 0 Å². The summed E-state index contributed by atoms with van der Waals surface area (Å²) in [6.45, 7) is 3.74. The van der Waals surface area contributed by atoms with Crippen molar-refractivity contribution in [3.8, 4) is 11.5 Å². The Morgan fingerprint density at radius 2 is 2.03 bits per heavy atom. The number of Topliss-reactive ketones (excluding diaryl/α,β-unsaturated/α-hetero) is 1. The van der Waals surface area contributed by atoms with Gasteiger partial charge in [0.15, 0.2) is 11.5 Å². The molecule has 2 N–H and O–H groups in total. The van der Waals surface area contributed by atoms with Crippen LogP contribution >= 0.6 is 0 Å². The molecule has 1 aliphatic heterocycles. The molecule has 2 aliphatic carbocycles. The quantitative estimate of drug-likeness (QED) is 0.424. The standard InChI is InChI=1S/C18H23NO4.C6H8O/c1-4-11(20)8-17-9-14-18(17,22)13(19(14)2)7-10-5-6-12(23-3)16(21)15(10)17;1-2-3-4-5-6-7/h5-6,13-14,21-22H,4,7-9H2,1-3H3;2-6H,1H3/b;3-2+,5-4+. The number of hydrogen-bond acceptors (Lipinski definition) is 6. The number of likely N-dealkylation sites (tertiary alicyclic amines) is 1. The van der Waals surface area contributed by atoms with Gasteiger partial charge in [0.25, 0.3) is 0 Å². The average molecular weight is 414 g/mol. The molecule has 4 rings (SSSR count). The van der Waals surface area contributed by atoms with Gasteiger partial charge in [-0.05, 0) is 44.5 Å². The summed E-state index contributed by atoms with van der Waals surface area (Å²) in [5.74, 6) is 0.624. The third-order valence-corrected chi connectivity index (χ3v) is 7.03. The highest BCUT2D eigenvalue weighted by molar-refractivity contribution is 5.82. The van der Waals surface area contributed by atoms with Crippen LogP contribution in [-0.4, -0.2) is 59.0 Å². The van der Waals surface area contributed by atoms with Crippen molar-refractivity contribution >= 4 is 12.1 Å². The second kappa shape index (κ2) is 8.36. The first-order chi connectivity index (χ1) is 14.3. The van der Waals surface area contributed by atoms with Crippen LogP contribution in [0.25, 0.3) is 0 Å². The molecule has 0 spiro atoms. The Hall–Kier alpha value is -2.44. The fourth-order valence-electron chi connectivity index (χ4n) is 5.56. The molecule has 0 bridgehead atoms. The van der Waals surface area contributed by atoms with Gasteiger partial charge in [0.05, 0.1) is 7.11 Å². The summed E-state index contributed by atoms with van der Waals surface area (Å²) in [7, 11) is 3.55. The van der Waals surface area contributed by atoms with Crippen LogP contribution in [0, 0.1) is 0 Å². The topological polar surface area (TPSA) is 87.1 Å². The third-order valence-electron chi connectivity index (χ3n) is 7.03. The van der Waals surface area contributed by atoms with E-state index in [0.29, 0.717) is 25.0 Å². The predicted molar refractivity (Wildman–Crippen MR) is 115 cm³/mol. The summed E-state index contributed by atoms with van der Waals surface area (Å²) in [5.41, 5.74) is 0.172. The van der Waals surface area contributed by atoms with Crippen LogP contribution in [0.2, 0.25) is 0 Å². The highest BCUT2D eigenvalue weighted by Gasteiger charge is 2.79. The average Bonchev–Trinajstić information content (AvgIpc) is 2.74. The monoisotopic (exact) mass is 413 g/mol. The fraction of sp³-hybridized carbons (Fsp3) is 0.500. The van der Waals surface area contributed by atoms with Crippen LogP contribution in [0.15, 0.2) is 36.4 Å². The Bertz CT molecular complexity index is 892. The van der Waals surface area contributed by atoms with Crippen molar-refractivity contribution in [2.45, 2.75) is 62.6 Å². The van der Waals surface area contributed by atoms with Crippen molar-refractivity contribution < 1.29 is 24.5 Å². The number of carbonyl (C=O) groups is 2. The summed E-state index contributed by atoms with van der Waals surface area (Å²) in [6.07, 6.45) is 9.67. The molecule has 162 valence electrons. The van der Waals surface area contributed by atoms with Crippen molar-refractivity contribution in [3.05, 3.63) is 47.6 Å². The van der Waals surface area contributed by atoms with Gasteiger partial charge < -0.3 is 14.9 Å². The first kappa shape index (κ1) is 22.2. The molecular weight excluding hydrogens is 382 g/mol. The SMILES string of the molecule is C/C=C/C=C/C=O.CCC(=O)CC12CC3N(C)C(Cc4ccc(OC)c(O)c41)C32O. The largest absolute Gasteiger partial charge is 0.504 e. The summed E-state index contributed by atoms with van der Waals surface area (Å²) in [5, 5.41) is 22.1. The number of benzene rings is 1. The molecule has 3 aliphatic rings. The number of allylic oxidation sites excluding steroid dienone is 4. The molecule has 4 unspecified atom stereocenters. The van der Waals surface area contributed by atoms with E-state index in [1.165, 1.54) is 13.2 Å². The number of nitrogens with zero attached hydrogens (tertiary/aromatic N) is 1. The Morgan fingerprint density at radius 3 is 2.63 bits per heavy atom. The maximum atomic E-state index is 12.2. The number of ketones is 1. The number of likely N-dealkylation sites (N-methyl/N-ethyl adjacent to an activating group) is 1. The van der Waals surface area contributed by atoms with Crippen molar-refractivity contribution in [2.24, 2.45) is 0 Å². The molecule has 0 aromatic heterocycles. The number of phenolic OH excluding ortho intramolecular Hbond substituents is 1. The van der Waals surface area contributed by atoms with Gasteiger partial charge in [-0.2, -0.15) is 0 Å². The number of rotatable bonds is 6. The van der Waals surface area contributed by atoms with E-state index in [2.05, 4.69) is 4.90 Å². The molecule has 0 radical (unpaired) electrons. The van der Waals surface area contributed by atoms with Crippen molar-refractivity contribution in [1.82, 2.24) is 4.90 Å². The minimum absolute atomic E-state index is 0.0196. The number of carbonyl (C=O) groups excluding carboxylic acids is 2. The number of methoxy groups -OCH3 is 1. The van der Waals surface area contributed by atoms with E-state index in [-0.39, 0.29) is 30.0 Å². The fourth-order valence-corrected chi connectivity index (χ4v) is 5.56.